The predicted octanol–water partition coefficient (Wildman–Crippen LogP) is 0.687. The lowest BCUT2D eigenvalue weighted by Crippen LogP contribution is -2.35. The maximum atomic E-state index is 12.1. The second kappa shape index (κ2) is 6.15. The highest BCUT2D eigenvalue weighted by atomic mass is 32.1. The van der Waals surface area contributed by atoms with E-state index in [0.29, 0.717) is 23.2 Å². The van der Waals surface area contributed by atoms with Gasteiger partial charge in [0, 0.05) is 13.6 Å². The van der Waals surface area contributed by atoms with Crippen molar-refractivity contribution in [2.24, 2.45) is 0 Å². The van der Waals surface area contributed by atoms with Crippen molar-refractivity contribution in [1.82, 2.24) is 14.5 Å². The van der Waals surface area contributed by atoms with Gasteiger partial charge in [0.05, 0.1) is 17.8 Å². The Morgan fingerprint density at radius 3 is 3.05 bits per heavy atom. The molecule has 0 saturated carbocycles. The van der Waals surface area contributed by atoms with E-state index in [1.165, 1.54) is 27.1 Å². The Balaban J connectivity index is 2.09. The average Bonchev–Trinajstić information content (AvgIpc) is 2.88. The quantitative estimate of drug-likeness (QED) is 0.880. The van der Waals surface area contributed by atoms with E-state index in [1.54, 1.807) is 25.4 Å². The number of fused-ring (bicyclic) bond motifs is 1. The van der Waals surface area contributed by atoms with Crippen LogP contribution in [0.15, 0.2) is 22.6 Å². The van der Waals surface area contributed by atoms with Gasteiger partial charge in [0.2, 0.25) is 5.91 Å². The fourth-order valence-corrected chi connectivity index (χ4v) is 2.50. The summed E-state index contributed by atoms with van der Waals surface area (Å²) in [6.45, 7) is 2.10. The highest BCUT2D eigenvalue weighted by molar-refractivity contribution is 7.16. The van der Waals surface area contributed by atoms with Crippen LogP contribution in [0.4, 0.5) is 0 Å². The number of hydrogen-bond donors (Lipinski definition) is 1. The van der Waals surface area contributed by atoms with E-state index >= 15 is 0 Å². The lowest BCUT2D eigenvalue weighted by atomic mass is 10.3. The Morgan fingerprint density at radius 1 is 1.60 bits per heavy atom. The molecule has 1 unspecified atom stereocenters. The highest BCUT2D eigenvalue weighted by Crippen LogP contribution is 2.13. The number of thiophene rings is 1. The molecule has 0 fully saturated rings. The third-order valence-corrected chi connectivity index (χ3v) is 3.88. The van der Waals surface area contributed by atoms with E-state index in [-0.39, 0.29) is 18.0 Å². The number of rotatable bonds is 5. The van der Waals surface area contributed by atoms with Gasteiger partial charge in [-0.05, 0) is 24.8 Å². The standard InChI is InChI=1S/C13H17N3O3S/c1-9(17)3-5-15(2)11(18)7-16-8-14-12-10(13(16)19)4-6-20-12/h4,6,8-9,17H,3,5,7H2,1-2H3. The fourth-order valence-electron chi connectivity index (χ4n) is 1.78. The van der Waals surface area contributed by atoms with E-state index in [9.17, 15) is 14.7 Å². The number of aromatic nitrogens is 2. The summed E-state index contributed by atoms with van der Waals surface area (Å²) < 4.78 is 1.32. The molecule has 0 aliphatic carbocycles. The summed E-state index contributed by atoms with van der Waals surface area (Å²) in [5, 5.41) is 11.6. The Hall–Kier alpha value is -1.73. The third-order valence-electron chi connectivity index (χ3n) is 3.06. The molecule has 108 valence electrons. The van der Waals surface area contributed by atoms with Crippen LogP contribution < -0.4 is 5.56 Å². The Bertz CT molecular complexity index is 662. The molecule has 2 aromatic rings. The number of aliphatic hydroxyl groups excluding tert-OH is 1. The first-order chi connectivity index (χ1) is 9.49. The van der Waals surface area contributed by atoms with Gasteiger partial charge in [-0.2, -0.15) is 0 Å². The number of aliphatic hydroxyl groups is 1. The van der Waals surface area contributed by atoms with E-state index < -0.39 is 6.10 Å². The first kappa shape index (κ1) is 14.7. The molecule has 1 atom stereocenters. The second-order valence-electron chi connectivity index (χ2n) is 4.77. The monoisotopic (exact) mass is 295 g/mol. The Morgan fingerprint density at radius 2 is 2.35 bits per heavy atom. The van der Waals surface area contributed by atoms with Gasteiger partial charge in [-0.15, -0.1) is 11.3 Å². The van der Waals surface area contributed by atoms with Gasteiger partial charge in [0.15, 0.2) is 0 Å². The van der Waals surface area contributed by atoms with Crippen LogP contribution in [0.2, 0.25) is 0 Å². The number of amides is 1. The highest BCUT2D eigenvalue weighted by Gasteiger charge is 2.13. The molecule has 0 bridgehead atoms. The molecular weight excluding hydrogens is 278 g/mol. The molecule has 0 saturated heterocycles. The molecule has 2 rings (SSSR count). The van der Waals surface area contributed by atoms with Gasteiger partial charge in [-0.1, -0.05) is 0 Å². The van der Waals surface area contributed by atoms with Crippen LogP contribution in [0.5, 0.6) is 0 Å². The number of nitrogens with zero attached hydrogens (tertiary/aromatic N) is 3. The van der Waals surface area contributed by atoms with Gasteiger partial charge >= 0.3 is 0 Å². The van der Waals surface area contributed by atoms with Gasteiger partial charge in [-0.3, -0.25) is 14.2 Å². The zero-order valence-electron chi connectivity index (χ0n) is 11.4. The molecule has 2 aromatic heterocycles. The molecule has 1 N–H and O–H groups in total. The molecule has 0 aliphatic rings. The van der Waals surface area contributed by atoms with Crippen molar-refractivity contribution < 1.29 is 9.90 Å². The summed E-state index contributed by atoms with van der Waals surface area (Å²) in [7, 11) is 1.66. The summed E-state index contributed by atoms with van der Waals surface area (Å²) >= 11 is 1.40. The lowest BCUT2D eigenvalue weighted by molar-refractivity contribution is -0.130. The molecule has 1 amide bonds. The van der Waals surface area contributed by atoms with Gasteiger partial charge in [-0.25, -0.2) is 4.98 Å². The number of likely N-dealkylation sites (N-methyl/N-ethyl adjacent to an activating group) is 1. The first-order valence-electron chi connectivity index (χ1n) is 6.33. The van der Waals surface area contributed by atoms with Gasteiger partial charge < -0.3 is 10.0 Å². The summed E-state index contributed by atoms with van der Waals surface area (Å²) in [5.74, 6) is -0.177. The van der Waals surface area contributed by atoms with Crippen LogP contribution in [0.1, 0.15) is 13.3 Å². The molecule has 0 spiro atoms. The van der Waals surface area contributed by atoms with E-state index in [0.717, 1.165) is 0 Å². The molecule has 2 heterocycles. The minimum atomic E-state index is -0.447. The van der Waals surface area contributed by atoms with Crippen molar-refractivity contribution >= 4 is 27.5 Å². The van der Waals surface area contributed by atoms with Crippen LogP contribution in [-0.2, 0) is 11.3 Å². The van der Waals surface area contributed by atoms with Crippen molar-refractivity contribution in [3.63, 3.8) is 0 Å². The van der Waals surface area contributed by atoms with E-state index in [2.05, 4.69) is 4.98 Å². The van der Waals surface area contributed by atoms with Crippen molar-refractivity contribution in [1.29, 1.82) is 0 Å². The molecule has 20 heavy (non-hydrogen) atoms. The normalized spacial score (nSPS) is 12.6. The third kappa shape index (κ3) is 3.23. The van der Waals surface area contributed by atoms with Gasteiger partial charge in [0.1, 0.15) is 11.4 Å². The summed E-state index contributed by atoms with van der Waals surface area (Å²) in [6.07, 6.45) is 1.47. The van der Waals surface area contributed by atoms with Crippen molar-refractivity contribution in [2.45, 2.75) is 26.0 Å². The second-order valence-corrected chi connectivity index (χ2v) is 5.66. The Labute approximate surface area is 120 Å². The smallest absolute Gasteiger partial charge is 0.262 e. The molecule has 0 radical (unpaired) electrons. The van der Waals surface area contributed by atoms with E-state index in [4.69, 9.17) is 0 Å². The predicted molar refractivity (Wildman–Crippen MR) is 77.8 cm³/mol. The molecular formula is C13H17N3O3S. The lowest BCUT2D eigenvalue weighted by Gasteiger charge is -2.18. The minimum absolute atomic E-state index is 0.0338. The van der Waals surface area contributed by atoms with Crippen LogP contribution in [0.3, 0.4) is 0 Å². The number of carbonyl (C=O) groups excluding carboxylic acids is 1. The number of carbonyl (C=O) groups is 1. The van der Waals surface area contributed by atoms with Crippen LogP contribution in [-0.4, -0.2) is 45.2 Å². The largest absolute Gasteiger partial charge is 0.393 e. The maximum absolute atomic E-state index is 12.1. The topological polar surface area (TPSA) is 75.4 Å². The number of hydrogen-bond acceptors (Lipinski definition) is 5. The van der Waals surface area contributed by atoms with Crippen molar-refractivity contribution in [3.8, 4) is 0 Å². The first-order valence-corrected chi connectivity index (χ1v) is 7.21. The average molecular weight is 295 g/mol. The zero-order valence-corrected chi connectivity index (χ0v) is 12.3. The molecule has 7 heteroatoms. The summed E-state index contributed by atoms with van der Waals surface area (Å²) in [5.41, 5.74) is -0.200. The van der Waals surface area contributed by atoms with Crippen molar-refractivity contribution in [3.05, 3.63) is 28.1 Å². The Kier molecular flexibility index (Phi) is 4.51. The van der Waals surface area contributed by atoms with Crippen LogP contribution in [0, 0.1) is 0 Å². The SMILES string of the molecule is CC(O)CCN(C)C(=O)Cn1cnc2sccc2c1=O. The maximum Gasteiger partial charge on any atom is 0.262 e. The van der Waals surface area contributed by atoms with Crippen LogP contribution >= 0.6 is 11.3 Å². The van der Waals surface area contributed by atoms with Gasteiger partial charge in [0.25, 0.3) is 5.56 Å². The molecule has 6 nitrogen and oxygen atoms in total. The minimum Gasteiger partial charge on any atom is -0.393 e. The zero-order chi connectivity index (χ0) is 14.7. The summed E-state index contributed by atoms with van der Waals surface area (Å²) in [4.78, 5) is 30.5. The molecule has 0 aromatic carbocycles. The molecule has 0 aliphatic heterocycles. The van der Waals surface area contributed by atoms with Crippen molar-refractivity contribution in [2.75, 3.05) is 13.6 Å². The fraction of sp³-hybridized carbons (Fsp3) is 0.462. The summed E-state index contributed by atoms with van der Waals surface area (Å²) in [6, 6.07) is 1.72. The van der Waals surface area contributed by atoms with E-state index in [1.807, 2.05) is 0 Å². The van der Waals surface area contributed by atoms with Crippen LogP contribution in [0.25, 0.3) is 10.2 Å².